The number of nitrogens with one attached hydrogen (secondary N) is 1. The van der Waals surface area contributed by atoms with Crippen LogP contribution in [0.15, 0.2) is 29.2 Å². The average Bonchev–Trinajstić information content (AvgIpc) is 2.22. The Labute approximate surface area is 108 Å². The normalized spacial score (nSPS) is 11.8. The molecule has 0 saturated heterocycles. The lowest BCUT2D eigenvalue weighted by atomic mass is 10.1. The molecule has 3 heteroatoms. The summed E-state index contributed by atoms with van der Waals surface area (Å²) in [4.78, 5) is 1.02. The topological polar surface area (TPSA) is 12.0 Å². The van der Waals surface area contributed by atoms with Crippen molar-refractivity contribution in [3.05, 3.63) is 30.1 Å². The van der Waals surface area contributed by atoms with Crippen LogP contribution in [-0.4, -0.2) is 17.8 Å². The number of halogens is 1. The molecule has 0 amide bonds. The van der Waals surface area contributed by atoms with Crippen LogP contribution in [0.3, 0.4) is 0 Å². The molecule has 0 unspecified atom stereocenters. The van der Waals surface area contributed by atoms with E-state index in [2.05, 4.69) is 26.1 Å². The third-order valence-electron chi connectivity index (χ3n) is 2.29. The summed E-state index contributed by atoms with van der Waals surface area (Å²) >= 11 is 1.72. The smallest absolute Gasteiger partial charge is 0.124 e. The van der Waals surface area contributed by atoms with Gasteiger partial charge in [0.05, 0.1) is 0 Å². The summed E-state index contributed by atoms with van der Waals surface area (Å²) in [5.41, 5.74) is 0.204. The molecule has 0 fully saturated rings. The van der Waals surface area contributed by atoms with Gasteiger partial charge in [-0.05, 0) is 64.1 Å². The molecule has 0 aromatic heterocycles. The van der Waals surface area contributed by atoms with Crippen LogP contribution in [0.2, 0.25) is 0 Å². The molecule has 1 nitrogen and oxygen atoms in total. The highest BCUT2D eigenvalue weighted by Crippen LogP contribution is 2.19. The second-order valence-corrected chi connectivity index (χ2v) is 6.36. The molecular weight excluding hydrogens is 233 g/mol. The van der Waals surface area contributed by atoms with E-state index in [0.29, 0.717) is 0 Å². The van der Waals surface area contributed by atoms with Crippen LogP contribution in [0.1, 0.15) is 33.6 Å². The van der Waals surface area contributed by atoms with Crippen LogP contribution in [0.4, 0.5) is 4.39 Å². The molecule has 1 rings (SSSR count). The average molecular weight is 255 g/mol. The van der Waals surface area contributed by atoms with E-state index in [1.807, 2.05) is 6.07 Å². The van der Waals surface area contributed by atoms with Crippen LogP contribution in [0.5, 0.6) is 0 Å². The molecule has 0 saturated carbocycles. The van der Waals surface area contributed by atoms with E-state index >= 15 is 0 Å². The Morgan fingerprint density at radius 3 is 2.65 bits per heavy atom. The lowest BCUT2D eigenvalue weighted by molar-refractivity contribution is 0.421. The van der Waals surface area contributed by atoms with Gasteiger partial charge in [-0.1, -0.05) is 6.07 Å². The van der Waals surface area contributed by atoms with Crippen LogP contribution in [0, 0.1) is 5.82 Å². The molecule has 0 radical (unpaired) electrons. The van der Waals surface area contributed by atoms with Crippen LogP contribution >= 0.6 is 11.8 Å². The van der Waals surface area contributed by atoms with Crippen LogP contribution in [-0.2, 0) is 0 Å². The minimum absolute atomic E-state index is 0.149. The van der Waals surface area contributed by atoms with E-state index in [0.717, 1.165) is 23.6 Å². The predicted molar refractivity (Wildman–Crippen MR) is 74.1 cm³/mol. The van der Waals surface area contributed by atoms with Crippen LogP contribution in [0.25, 0.3) is 0 Å². The Morgan fingerprint density at radius 2 is 2.00 bits per heavy atom. The fourth-order valence-electron chi connectivity index (χ4n) is 1.44. The van der Waals surface area contributed by atoms with Crippen LogP contribution < -0.4 is 5.32 Å². The Balaban J connectivity index is 2.09. The minimum atomic E-state index is -0.149. The van der Waals surface area contributed by atoms with E-state index in [4.69, 9.17) is 0 Å². The van der Waals surface area contributed by atoms with E-state index in [-0.39, 0.29) is 11.4 Å². The first kappa shape index (κ1) is 14.5. The van der Waals surface area contributed by atoms with Crippen molar-refractivity contribution in [2.75, 3.05) is 12.3 Å². The molecule has 0 heterocycles. The van der Waals surface area contributed by atoms with E-state index < -0.39 is 0 Å². The summed E-state index contributed by atoms with van der Waals surface area (Å²) in [5, 5.41) is 3.46. The Hall–Kier alpha value is -0.540. The van der Waals surface area contributed by atoms with Gasteiger partial charge in [-0.25, -0.2) is 4.39 Å². The van der Waals surface area contributed by atoms with Gasteiger partial charge in [0.15, 0.2) is 0 Å². The highest BCUT2D eigenvalue weighted by atomic mass is 32.2. The lowest BCUT2D eigenvalue weighted by Crippen LogP contribution is -2.36. The molecule has 0 aliphatic rings. The number of benzene rings is 1. The summed E-state index contributed by atoms with van der Waals surface area (Å²) in [5.74, 6) is 0.902. The molecule has 0 spiro atoms. The standard InChI is InChI=1S/C14H22FNS/c1-14(2,3)16-9-4-5-10-17-13-8-6-7-12(15)11-13/h6-8,11,16H,4-5,9-10H2,1-3H3. The van der Waals surface area contributed by atoms with Crippen molar-refractivity contribution in [2.45, 2.75) is 44.0 Å². The zero-order valence-electron chi connectivity index (χ0n) is 10.9. The second-order valence-electron chi connectivity index (χ2n) is 5.19. The quantitative estimate of drug-likeness (QED) is 0.607. The Kier molecular flexibility index (Phi) is 6.00. The van der Waals surface area contributed by atoms with Crippen molar-refractivity contribution in [1.29, 1.82) is 0 Å². The highest BCUT2D eigenvalue weighted by molar-refractivity contribution is 7.99. The lowest BCUT2D eigenvalue weighted by Gasteiger charge is -2.20. The largest absolute Gasteiger partial charge is 0.312 e. The maximum Gasteiger partial charge on any atom is 0.124 e. The Bertz CT molecular complexity index is 333. The van der Waals surface area contributed by atoms with Crippen molar-refractivity contribution >= 4 is 11.8 Å². The SMILES string of the molecule is CC(C)(C)NCCCCSc1cccc(F)c1. The van der Waals surface area contributed by atoms with E-state index in [9.17, 15) is 4.39 Å². The van der Waals surface area contributed by atoms with Gasteiger partial charge < -0.3 is 5.32 Å². The third kappa shape index (κ3) is 7.40. The first-order valence-electron chi connectivity index (χ1n) is 6.11. The van der Waals surface area contributed by atoms with Gasteiger partial charge in [0, 0.05) is 10.4 Å². The van der Waals surface area contributed by atoms with Crippen molar-refractivity contribution < 1.29 is 4.39 Å². The van der Waals surface area contributed by atoms with Gasteiger partial charge in [-0.15, -0.1) is 11.8 Å². The van der Waals surface area contributed by atoms with Crippen molar-refractivity contribution in [3.8, 4) is 0 Å². The monoisotopic (exact) mass is 255 g/mol. The fraction of sp³-hybridized carbons (Fsp3) is 0.571. The highest BCUT2D eigenvalue weighted by Gasteiger charge is 2.06. The van der Waals surface area contributed by atoms with Crippen molar-refractivity contribution in [2.24, 2.45) is 0 Å². The number of unbranched alkanes of at least 4 members (excludes halogenated alkanes) is 1. The predicted octanol–water partition coefficient (Wildman–Crippen LogP) is 4.09. The zero-order valence-corrected chi connectivity index (χ0v) is 11.7. The first-order valence-corrected chi connectivity index (χ1v) is 7.09. The molecule has 1 aromatic rings. The van der Waals surface area contributed by atoms with Gasteiger partial charge in [-0.3, -0.25) is 0 Å². The molecule has 0 aliphatic heterocycles. The molecule has 96 valence electrons. The molecular formula is C14H22FNS. The minimum Gasteiger partial charge on any atom is -0.312 e. The number of thioether (sulfide) groups is 1. The number of hydrogen-bond donors (Lipinski definition) is 1. The third-order valence-corrected chi connectivity index (χ3v) is 3.37. The van der Waals surface area contributed by atoms with Gasteiger partial charge in [0.2, 0.25) is 0 Å². The first-order chi connectivity index (χ1) is 7.97. The van der Waals surface area contributed by atoms with Gasteiger partial charge >= 0.3 is 0 Å². The maximum absolute atomic E-state index is 12.9. The summed E-state index contributed by atoms with van der Waals surface area (Å²) in [6.07, 6.45) is 2.32. The van der Waals surface area contributed by atoms with E-state index in [1.54, 1.807) is 23.9 Å². The van der Waals surface area contributed by atoms with E-state index in [1.165, 1.54) is 12.5 Å². The molecule has 1 aromatic carbocycles. The molecule has 0 bridgehead atoms. The fourth-order valence-corrected chi connectivity index (χ4v) is 2.39. The summed E-state index contributed by atoms with van der Waals surface area (Å²) in [6, 6.07) is 6.80. The van der Waals surface area contributed by atoms with Gasteiger partial charge in [0.25, 0.3) is 0 Å². The summed E-state index contributed by atoms with van der Waals surface area (Å²) < 4.78 is 12.9. The summed E-state index contributed by atoms with van der Waals surface area (Å²) in [7, 11) is 0. The van der Waals surface area contributed by atoms with Crippen molar-refractivity contribution in [1.82, 2.24) is 5.32 Å². The molecule has 1 N–H and O–H groups in total. The second kappa shape index (κ2) is 7.02. The van der Waals surface area contributed by atoms with Crippen molar-refractivity contribution in [3.63, 3.8) is 0 Å². The molecule has 0 aliphatic carbocycles. The maximum atomic E-state index is 12.9. The number of rotatable bonds is 6. The van der Waals surface area contributed by atoms with Gasteiger partial charge in [0.1, 0.15) is 5.82 Å². The summed E-state index contributed by atoms with van der Waals surface area (Å²) in [6.45, 7) is 7.57. The Morgan fingerprint density at radius 1 is 1.24 bits per heavy atom. The molecule has 0 atom stereocenters. The molecule has 17 heavy (non-hydrogen) atoms. The number of hydrogen-bond acceptors (Lipinski definition) is 2. The zero-order chi connectivity index (χ0) is 12.7. The van der Waals surface area contributed by atoms with Gasteiger partial charge in [-0.2, -0.15) is 0 Å².